The third-order valence-corrected chi connectivity index (χ3v) is 3.65. The molecule has 0 aromatic carbocycles. The summed E-state index contributed by atoms with van der Waals surface area (Å²) in [6, 6.07) is 4.04. The van der Waals surface area contributed by atoms with Crippen LogP contribution in [0.4, 0.5) is 20.5 Å². The van der Waals surface area contributed by atoms with Crippen molar-refractivity contribution in [2.75, 3.05) is 43.9 Å². The number of aromatic nitrogens is 3. The first-order valence-corrected chi connectivity index (χ1v) is 6.93. The highest BCUT2D eigenvalue weighted by atomic mass is 19.1. The van der Waals surface area contributed by atoms with Crippen molar-refractivity contribution in [1.82, 2.24) is 19.9 Å². The number of nitrogens with two attached hydrogens (primary N) is 1. The van der Waals surface area contributed by atoms with Crippen LogP contribution in [-0.2, 0) is 0 Å². The topological polar surface area (TPSA) is 71.2 Å². The number of hydrogen-bond acceptors (Lipinski definition) is 6. The molecule has 0 spiro atoms. The Hall–Kier alpha value is -2.35. The van der Waals surface area contributed by atoms with Gasteiger partial charge in [0.25, 0.3) is 0 Å². The molecule has 116 valence electrons. The minimum absolute atomic E-state index is 0.0511. The molecule has 22 heavy (non-hydrogen) atoms. The second kappa shape index (κ2) is 5.80. The van der Waals surface area contributed by atoms with E-state index in [0.717, 1.165) is 32.2 Å². The van der Waals surface area contributed by atoms with Gasteiger partial charge in [-0.3, -0.25) is 0 Å². The van der Waals surface area contributed by atoms with Crippen molar-refractivity contribution in [3.63, 3.8) is 0 Å². The number of pyridine rings is 1. The highest BCUT2D eigenvalue weighted by Crippen LogP contribution is 2.25. The molecular weight excluding hydrogens is 290 g/mol. The van der Waals surface area contributed by atoms with Crippen LogP contribution in [-0.4, -0.2) is 53.1 Å². The van der Waals surface area contributed by atoms with E-state index in [-0.39, 0.29) is 11.5 Å². The Balaban J connectivity index is 1.96. The second-order valence-electron chi connectivity index (χ2n) is 5.23. The standard InChI is InChI=1S/C14H16F2N6/c1-21-4-6-22(7-5-21)12-8-10(18-14(17)20-12)9-2-3-11(15)19-13(9)16/h2-3,8H,4-7H2,1H3,(H2,17,18,20). The molecule has 0 radical (unpaired) electrons. The third kappa shape index (κ3) is 2.96. The minimum Gasteiger partial charge on any atom is -0.368 e. The van der Waals surface area contributed by atoms with E-state index >= 15 is 0 Å². The molecule has 6 nitrogen and oxygen atoms in total. The summed E-state index contributed by atoms with van der Waals surface area (Å²) >= 11 is 0. The zero-order valence-corrected chi connectivity index (χ0v) is 12.1. The van der Waals surface area contributed by atoms with E-state index in [2.05, 4.69) is 31.8 Å². The first-order chi connectivity index (χ1) is 10.5. The van der Waals surface area contributed by atoms with Crippen LogP contribution in [0.25, 0.3) is 11.3 Å². The van der Waals surface area contributed by atoms with Gasteiger partial charge in [0, 0.05) is 32.2 Å². The molecule has 0 aliphatic carbocycles. The normalized spacial score (nSPS) is 16.0. The highest BCUT2D eigenvalue weighted by molar-refractivity contribution is 5.64. The van der Waals surface area contributed by atoms with Gasteiger partial charge in [-0.15, -0.1) is 0 Å². The molecule has 1 aliphatic heterocycles. The van der Waals surface area contributed by atoms with Crippen molar-refractivity contribution < 1.29 is 8.78 Å². The average Bonchev–Trinajstić information content (AvgIpc) is 2.47. The monoisotopic (exact) mass is 306 g/mol. The van der Waals surface area contributed by atoms with Crippen molar-refractivity contribution >= 4 is 11.8 Å². The van der Waals surface area contributed by atoms with Crippen LogP contribution in [0.1, 0.15) is 0 Å². The Bertz CT molecular complexity index is 685. The quantitative estimate of drug-likeness (QED) is 0.839. The lowest BCUT2D eigenvalue weighted by molar-refractivity contribution is 0.312. The lowest BCUT2D eigenvalue weighted by atomic mass is 10.2. The molecule has 3 rings (SSSR count). The molecular formula is C14H16F2N6. The van der Waals surface area contributed by atoms with Gasteiger partial charge in [-0.25, -0.2) is 4.98 Å². The van der Waals surface area contributed by atoms with Gasteiger partial charge in [0.05, 0.1) is 11.3 Å². The fourth-order valence-corrected chi connectivity index (χ4v) is 2.39. The van der Waals surface area contributed by atoms with E-state index in [1.807, 2.05) is 0 Å². The Labute approximate surface area is 126 Å². The van der Waals surface area contributed by atoms with Gasteiger partial charge < -0.3 is 15.5 Å². The number of piperazine rings is 1. The predicted octanol–water partition coefficient (Wildman–Crippen LogP) is 1.15. The Morgan fingerprint density at radius 2 is 1.77 bits per heavy atom. The van der Waals surface area contributed by atoms with E-state index in [1.54, 1.807) is 6.07 Å². The summed E-state index contributed by atoms with van der Waals surface area (Å²) in [4.78, 5) is 15.7. The molecule has 0 bridgehead atoms. The number of nitrogen functional groups attached to an aromatic ring is 1. The lowest BCUT2D eigenvalue weighted by Gasteiger charge is -2.33. The largest absolute Gasteiger partial charge is 0.368 e. The van der Waals surface area contributed by atoms with E-state index in [0.29, 0.717) is 11.5 Å². The summed E-state index contributed by atoms with van der Waals surface area (Å²) in [7, 11) is 2.05. The zero-order valence-electron chi connectivity index (χ0n) is 12.1. The van der Waals surface area contributed by atoms with Crippen LogP contribution < -0.4 is 10.6 Å². The number of anilines is 2. The molecule has 2 aromatic rings. The van der Waals surface area contributed by atoms with Crippen LogP contribution in [0.2, 0.25) is 0 Å². The third-order valence-electron chi connectivity index (χ3n) is 3.65. The minimum atomic E-state index is -0.914. The first-order valence-electron chi connectivity index (χ1n) is 6.93. The maximum atomic E-state index is 13.8. The SMILES string of the molecule is CN1CCN(c2cc(-c3ccc(F)nc3F)nc(N)n2)CC1. The lowest BCUT2D eigenvalue weighted by Crippen LogP contribution is -2.44. The summed E-state index contributed by atoms with van der Waals surface area (Å²) in [5.74, 6) is -1.10. The molecule has 0 unspecified atom stereocenters. The molecule has 2 aromatic heterocycles. The van der Waals surface area contributed by atoms with Crippen LogP contribution in [0.5, 0.6) is 0 Å². The summed E-state index contributed by atoms with van der Waals surface area (Å²) in [5, 5.41) is 0. The van der Waals surface area contributed by atoms with Gasteiger partial charge in [-0.1, -0.05) is 0 Å². The van der Waals surface area contributed by atoms with E-state index < -0.39 is 11.9 Å². The van der Waals surface area contributed by atoms with E-state index in [1.165, 1.54) is 6.07 Å². The molecule has 1 fully saturated rings. The molecule has 0 atom stereocenters. The fraction of sp³-hybridized carbons (Fsp3) is 0.357. The summed E-state index contributed by atoms with van der Waals surface area (Å²) in [6.45, 7) is 3.42. The number of hydrogen-bond donors (Lipinski definition) is 1. The summed E-state index contributed by atoms with van der Waals surface area (Å²) < 4.78 is 26.7. The molecule has 2 N–H and O–H groups in total. The number of halogens is 2. The smallest absolute Gasteiger partial charge is 0.224 e. The maximum Gasteiger partial charge on any atom is 0.224 e. The van der Waals surface area contributed by atoms with Gasteiger partial charge in [-0.2, -0.15) is 18.7 Å². The first kappa shape index (κ1) is 14.6. The molecule has 0 amide bonds. The fourth-order valence-electron chi connectivity index (χ4n) is 2.39. The van der Waals surface area contributed by atoms with Crippen LogP contribution in [0.15, 0.2) is 18.2 Å². The van der Waals surface area contributed by atoms with E-state index in [4.69, 9.17) is 5.73 Å². The van der Waals surface area contributed by atoms with Crippen molar-refractivity contribution in [2.24, 2.45) is 0 Å². The molecule has 0 saturated carbocycles. The summed E-state index contributed by atoms with van der Waals surface area (Å²) in [5.41, 5.74) is 6.13. The average molecular weight is 306 g/mol. The number of nitrogens with zero attached hydrogens (tertiary/aromatic N) is 5. The number of rotatable bonds is 2. The molecule has 1 aliphatic rings. The van der Waals surface area contributed by atoms with Gasteiger partial charge in [0.15, 0.2) is 0 Å². The summed E-state index contributed by atoms with van der Waals surface area (Å²) in [6.07, 6.45) is 0. The Morgan fingerprint density at radius 1 is 1.05 bits per heavy atom. The van der Waals surface area contributed by atoms with Crippen LogP contribution >= 0.6 is 0 Å². The molecule has 3 heterocycles. The highest BCUT2D eigenvalue weighted by Gasteiger charge is 2.18. The zero-order chi connectivity index (χ0) is 15.7. The van der Waals surface area contributed by atoms with Gasteiger partial charge in [-0.05, 0) is 19.2 Å². The maximum absolute atomic E-state index is 13.8. The van der Waals surface area contributed by atoms with Crippen molar-refractivity contribution in [3.05, 3.63) is 30.1 Å². The Morgan fingerprint density at radius 3 is 2.45 bits per heavy atom. The Kier molecular flexibility index (Phi) is 3.84. The second-order valence-corrected chi connectivity index (χ2v) is 5.23. The molecule has 1 saturated heterocycles. The van der Waals surface area contributed by atoms with Crippen LogP contribution in [0.3, 0.4) is 0 Å². The van der Waals surface area contributed by atoms with Gasteiger partial charge in [0.1, 0.15) is 5.82 Å². The van der Waals surface area contributed by atoms with Gasteiger partial charge in [0.2, 0.25) is 17.8 Å². The predicted molar refractivity (Wildman–Crippen MR) is 79.3 cm³/mol. The van der Waals surface area contributed by atoms with Crippen molar-refractivity contribution in [3.8, 4) is 11.3 Å². The van der Waals surface area contributed by atoms with Crippen molar-refractivity contribution in [1.29, 1.82) is 0 Å². The van der Waals surface area contributed by atoms with E-state index in [9.17, 15) is 8.78 Å². The van der Waals surface area contributed by atoms with Gasteiger partial charge >= 0.3 is 0 Å². The van der Waals surface area contributed by atoms with Crippen molar-refractivity contribution in [2.45, 2.75) is 0 Å². The van der Waals surface area contributed by atoms with Crippen LogP contribution in [0, 0.1) is 11.9 Å². The number of likely N-dealkylation sites (N-methyl/N-ethyl adjacent to an activating group) is 1. The molecule has 8 heteroatoms.